The molecule has 2 aromatic carbocycles. The highest BCUT2D eigenvalue weighted by Crippen LogP contribution is 2.33. The number of ether oxygens (including phenoxy) is 1. The number of carbonyl (C=O) groups is 2. The number of aryl methyl sites for hydroxylation is 4. The van der Waals surface area contributed by atoms with Gasteiger partial charge < -0.3 is 25.8 Å². The van der Waals surface area contributed by atoms with Gasteiger partial charge in [0.1, 0.15) is 30.7 Å². The van der Waals surface area contributed by atoms with Crippen LogP contribution in [-0.4, -0.2) is 56.0 Å². The van der Waals surface area contributed by atoms with E-state index in [0.29, 0.717) is 46.5 Å². The first-order chi connectivity index (χ1) is 22.7. The van der Waals surface area contributed by atoms with Crippen molar-refractivity contribution in [1.29, 1.82) is 0 Å². The second-order valence-electron chi connectivity index (χ2n) is 13.3. The topological polar surface area (TPSA) is 168 Å². The predicted octanol–water partition coefficient (Wildman–Crippen LogP) is 6.47. The molecule has 6 rings (SSSR count). The predicted molar refractivity (Wildman–Crippen MR) is 192 cm³/mol. The van der Waals surface area contributed by atoms with Crippen LogP contribution in [0.3, 0.4) is 0 Å². The number of amides is 2. The normalized spacial score (nSPS) is 11.5. The number of hydrogen-bond donors (Lipinski definition) is 3. The third kappa shape index (κ3) is 7.34. The number of nitrogens with zero attached hydrogens (tertiary/aromatic N) is 5. The number of hydrogen-bond acceptors (Lipinski definition) is 7. The highest BCUT2D eigenvalue weighted by atomic mass is 28.3. The Morgan fingerprint density at radius 2 is 1.35 bits per heavy atom. The Morgan fingerprint density at radius 3 is 1.90 bits per heavy atom. The summed E-state index contributed by atoms with van der Waals surface area (Å²) in [6.45, 7) is 16.1. The highest BCUT2D eigenvalue weighted by Gasteiger charge is 2.21. The zero-order chi connectivity index (χ0) is 34.7. The number of nitrogens with one attached hydrogen (secondary N) is 1. The maximum absolute atomic E-state index is 12.1. The van der Waals surface area contributed by atoms with E-state index in [9.17, 15) is 9.59 Å². The molecule has 48 heavy (non-hydrogen) atoms. The summed E-state index contributed by atoms with van der Waals surface area (Å²) in [5, 5.41) is 1.35. The molecule has 0 spiro atoms. The Hall–Kier alpha value is -5.20. The van der Waals surface area contributed by atoms with Gasteiger partial charge in [0.15, 0.2) is 0 Å². The van der Waals surface area contributed by atoms with Gasteiger partial charge in [0.25, 0.3) is 11.8 Å². The fourth-order valence-electron chi connectivity index (χ4n) is 5.67. The molecule has 0 saturated heterocycles. The van der Waals surface area contributed by atoms with Crippen LogP contribution >= 0.6 is 0 Å². The smallest absolute Gasteiger partial charge is 0.251 e. The molecule has 0 aliphatic heterocycles. The van der Waals surface area contributed by atoms with Gasteiger partial charge in [-0.05, 0) is 44.9 Å². The van der Waals surface area contributed by atoms with E-state index >= 15 is 0 Å². The lowest BCUT2D eigenvalue weighted by Crippen LogP contribution is -2.22. The summed E-state index contributed by atoms with van der Waals surface area (Å²) >= 11 is 0. The SMILES string of the molecule is Cc1ccc(-c2ncnc3[nH]cc(C(N)=O)c23)c(C)c1.Cc1ccc(-c2ncnc3c2c(C(N)=O)cn3COCC[Si](C)(C)C)c(C)c1. The number of aromatic nitrogens is 6. The van der Waals surface area contributed by atoms with Crippen molar-refractivity contribution in [3.63, 3.8) is 0 Å². The summed E-state index contributed by atoms with van der Waals surface area (Å²) < 4.78 is 7.71. The summed E-state index contributed by atoms with van der Waals surface area (Å²) in [6, 6.07) is 13.4. The molecule has 0 atom stereocenters. The van der Waals surface area contributed by atoms with Crippen LogP contribution in [0.4, 0.5) is 0 Å². The van der Waals surface area contributed by atoms with E-state index in [1.54, 1.807) is 12.4 Å². The minimum absolute atomic E-state index is 0.331. The molecule has 0 fully saturated rings. The van der Waals surface area contributed by atoms with E-state index in [2.05, 4.69) is 63.6 Å². The zero-order valence-electron chi connectivity index (χ0n) is 28.5. The van der Waals surface area contributed by atoms with Crippen LogP contribution in [0.2, 0.25) is 25.7 Å². The Kier molecular flexibility index (Phi) is 9.87. The number of benzene rings is 2. The molecule has 0 unspecified atom stereocenters. The summed E-state index contributed by atoms with van der Waals surface area (Å²) in [4.78, 5) is 44.0. The van der Waals surface area contributed by atoms with Crippen LogP contribution in [0.25, 0.3) is 44.6 Å². The Labute approximate surface area is 280 Å². The van der Waals surface area contributed by atoms with E-state index in [1.165, 1.54) is 23.8 Å². The number of nitrogens with two attached hydrogens (primary N) is 2. The molecule has 0 aliphatic carbocycles. The van der Waals surface area contributed by atoms with Crippen LogP contribution in [0.1, 0.15) is 43.0 Å². The monoisotopic (exact) mass is 662 g/mol. The van der Waals surface area contributed by atoms with Crippen molar-refractivity contribution in [2.45, 2.75) is 60.1 Å². The molecule has 12 heteroatoms. The number of rotatable bonds is 9. The number of primary amides is 2. The van der Waals surface area contributed by atoms with Gasteiger partial charge in [-0.1, -0.05) is 67.2 Å². The average molecular weight is 663 g/mol. The van der Waals surface area contributed by atoms with Crippen molar-refractivity contribution in [2.24, 2.45) is 11.5 Å². The van der Waals surface area contributed by atoms with Crippen LogP contribution in [-0.2, 0) is 11.5 Å². The van der Waals surface area contributed by atoms with Crippen molar-refractivity contribution >= 4 is 42.0 Å². The molecule has 5 N–H and O–H groups in total. The van der Waals surface area contributed by atoms with Gasteiger partial charge >= 0.3 is 0 Å². The molecule has 4 aromatic heterocycles. The van der Waals surface area contributed by atoms with Crippen LogP contribution in [0, 0.1) is 27.7 Å². The van der Waals surface area contributed by atoms with Gasteiger partial charge in [-0.15, -0.1) is 0 Å². The van der Waals surface area contributed by atoms with Gasteiger partial charge in [0.2, 0.25) is 0 Å². The number of carbonyl (C=O) groups excluding carboxylic acids is 2. The maximum Gasteiger partial charge on any atom is 0.251 e. The van der Waals surface area contributed by atoms with Crippen molar-refractivity contribution in [2.75, 3.05) is 6.61 Å². The molecule has 4 heterocycles. The van der Waals surface area contributed by atoms with Crippen LogP contribution in [0.15, 0.2) is 61.4 Å². The van der Waals surface area contributed by atoms with Gasteiger partial charge in [0, 0.05) is 38.2 Å². The summed E-state index contributed by atoms with van der Waals surface area (Å²) in [5.41, 5.74) is 21.1. The van der Waals surface area contributed by atoms with Crippen molar-refractivity contribution in [3.8, 4) is 22.5 Å². The van der Waals surface area contributed by atoms with Gasteiger partial charge in [-0.25, -0.2) is 19.9 Å². The number of fused-ring (bicyclic) bond motifs is 2. The molecule has 0 saturated carbocycles. The van der Waals surface area contributed by atoms with Gasteiger partial charge in [-0.2, -0.15) is 0 Å². The first-order valence-corrected chi connectivity index (χ1v) is 19.4. The second-order valence-corrected chi connectivity index (χ2v) is 18.9. The van der Waals surface area contributed by atoms with Crippen LogP contribution < -0.4 is 11.5 Å². The largest absolute Gasteiger partial charge is 0.366 e. The summed E-state index contributed by atoms with van der Waals surface area (Å²) in [6.07, 6.45) is 6.32. The van der Waals surface area contributed by atoms with Gasteiger partial charge in [-0.3, -0.25) is 9.59 Å². The van der Waals surface area contributed by atoms with E-state index in [0.717, 1.165) is 39.7 Å². The molecular weight excluding hydrogens is 621 g/mol. The van der Waals surface area contributed by atoms with E-state index in [1.807, 2.05) is 49.6 Å². The Balaban J connectivity index is 0.000000198. The van der Waals surface area contributed by atoms with Crippen LogP contribution in [0.5, 0.6) is 0 Å². The third-order valence-electron chi connectivity index (χ3n) is 8.16. The van der Waals surface area contributed by atoms with E-state index in [4.69, 9.17) is 16.2 Å². The molecule has 0 bridgehead atoms. The van der Waals surface area contributed by atoms with Crippen molar-refractivity contribution < 1.29 is 14.3 Å². The maximum atomic E-state index is 12.1. The van der Waals surface area contributed by atoms with Crippen molar-refractivity contribution in [1.82, 2.24) is 29.5 Å². The third-order valence-corrected chi connectivity index (χ3v) is 9.86. The molecule has 0 radical (unpaired) electrons. The van der Waals surface area contributed by atoms with E-state index in [-0.39, 0.29) is 0 Å². The molecule has 248 valence electrons. The lowest BCUT2D eigenvalue weighted by Gasteiger charge is -2.15. The lowest BCUT2D eigenvalue weighted by molar-refractivity contribution is 0.0895. The average Bonchev–Trinajstić information content (AvgIpc) is 3.62. The first kappa shape index (κ1) is 34.1. The lowest BCUT2D eigenvalue weighted by atomic mass is 10.00. The minimum atomic E-state index is -1.16. The molecular formula is C36H42N8O3Si. The fourth-order valence-corrected chi connectivity index (χ4v) is 6.43. The highest BCUT2D eigenvalue weighted by molar-refractivity contribution is 6.76. The Morgan fingerprint density at radius 1 is 0.792 bits per heavy atom. The molecule has 11 nitrogen and oxygen atoms in total. The first-order valence-electron chi connectivity index (χ1n) is 15.7. The quantitative estimate of drug-likeness (QED) is 0.118. The fraction of sp³-hybridized carbons (Fsp3) is 0.278. The summed E-state index contributed by atoms with van der Waals surface area (Å²) in [5.74, 6) is -0.983. The second kappa shape index (κ2) is 13.9. The standard InChI is InChI=1S/C21H28N4O2Si.C15H14N4O/c1-14-6-7-16(15(2)10-14)19-18-17(20(22)26)11-25(21(18)24-12-23-19)13-27-8-9-28(3,4)5;1-8-3-4-10(9(2)5-8)13-12-11(14(16)20)6-17-15(12)19-7-18-13/h6-7,10-12H,8-9,13H2,1-5H3,(H2,22,26);3-7H,1-2H3,(H2,16,20)(H,17,18,19). The minimum Gasteiger partial charge on any atom is -0.366 e. The Bertz CT molecular complexity index is 2150. The zero-order valence-corrected chi connectivity index (χ0v) is 29.5. The molecule has 6 aromatic rings. The van der Waals surface area contributed by atoms with Gasteiger partial charge in [0.05, 0.1) is 33.3 Å². The van der Waals surface area contributed by atoms with Crippen molar-refractivity contribution in [3.05, 3.63) is 94.8 Å². The summed E-state index contributed by atoms with van der Waals surface area (Å²) in [7, 11) is -1.16. The van der Waals surface area contributed by atoms with E-state index < -0.39 is 19.9 Å². The molecule has 2 amide bonds. The molecule has 0 aliphatic rings. The number of aromatic amines is 1. The number of H-pyrrole nitrogens is 1.